The number of hydrogen-bond acceptors (Lipinski definition) is 3. The zero-order chi connectivity index (χ0) is 12.3. The molecular weight excluding hydrogens is 206 g/mol. The van der Waals surface area contributed by atoms with E-state index in [1.165, 1.54) is 0 Å². The number of hydrogen-bond donors (Lipinski definition) is 2. The average Bonchev–Trinajstić information content (AvgIpc) is 2.11. The van der Waals surface area contributed by atoms with E-state index in [4.69, 9.17) is 5.11 Å². The summed E-state index contributed by atoms with van der Waals surface area (Å²) in [5.41, 5.74) is 2.65. The van der Waals surface area contributed by atoms with Crippen molar-refractivity contribution in [2.24, 2.45) is 0 Å². The summed E-state index contributed by atoms with van der Waals surface area (Å²) in [5, 5.41) is 18.5. The third kappa shape index (κ3) is 3.24. The molecule has 4 nitrogen and oxygen atoms in total. The van der Waals surface area contributed by atoms with Crippen LogP contribution in [0.15, 0.2) is 12.1 Å². The fraction of sp³-hybridized carbons (Fsp3) is 0.417. The molecule has 0 amide bonds. The second-order valence-electron chi connectivity index (χ2n) is 4.16. The quantitative estimate of drug-likeness (QED) is 0.812. The van der Waals surface area contributed by atoms with E-state index >= 15 is 0 Å². The zero-order valence-corrected chi connectivity index (χ0v) is 9.82. The molecule has 4 heteroatoms. The van der Waals surface area contributed by atoms with E-state index in [9.17, 15) is 9.90 Å². The third-order valence-electron chi connectivity index (χ3n) is 2.37. The molecular formula is C12H17NO3. The molecule has 1 aromatic rings. The predicted molar refractivity (Wildman–Crippen MR) is 61.6 cm³/mol. The number of benzene rings is 1. The van der Waals surface area contributed by atoms with E-state index in [2.05, 4.69) is 0 Å². The van der Waals surface area contributed by atoms with Crippen LogP contribution in [0.3, 0.4) is 0 Å². The number of aromatic hydroxyl groups is 1. The second-order valence-corrected chi connectivity index (χ2v) is 4.16. The van der Waals surface area contributed by atoms with Gasteiger partial charge in [-0.1, -0.05) is 17.7 Å². The lowest BCUT2D eigenvalue weighted by molar-refractivity contribution is -0.138. The average molecular weight is 223 g/mol. The summed E-state index contributed by atoms with van der Waals surface area (Å²) >= 11 is 0. The number of carbonyl (C=O) groups is 1. The minimum atomic E-state index is -0.869. The summed E-state index contributed by atoms with van der Waals surface area (Å²) in [6.07, 6.45) is 0. The van der Waals surface area contributed by atoms with Crippen LogP contribution in [-0.4, -0.2) is 34.7 Å². The maximum atomic E-state index is 10.5. The lowest BCUT2D eigenvalue weighted by Gasteiger charge is -2.16. The molecule has 1 aromatic carbocycles. The van der Waals surface area contributed by atoms with Crippen molar-refractivity contribution in [2.75, 3.05) is 13.6 Å². The smallest absolute Gasteiger partial charge is 0.317 e. The molecule has 0 saturated heterocycles. The maximum Gasteiger partial charge on any atom is 0.317 e. The molecule has 88 valence electrons. The first-order valence-electron chi connectivity index (χ1n) is 5.09. The topological polar surface area (TPSA) is 60.8 Å². The highest BCUT2D eigenvalue weighted by Gasteiger charge is 2.10. The number of likely N-dealkylation sites (N-methyl/N-ethyl adjacent to an activating group) is 1. The largest absolute Gasteiger partial charge is 0.507 e. The van der Waals surface area contributed by atoms with E-state index in [0.29, 0.717) is 6.54 Å². The summed E-state index contributed by atoms with van der Waals surface area (Å²) in [5.74, 6) is -0.616. The number of phenols is 1. The van der Waals surface area contributed by atoms with Gasteiger partial charge in [-0.05, 0) is 26.5 Å². The van der Waals surface area contributed by atoms with Gasteiger partial charge >= 0.3 is 5.97 Å². The van der Waals surface area contributed by atoms with Crippen LogP contribution in [-0.2, 0) is 11.3 Å². The van der Waals surface area contributed by atoms with Crippen LogP contribution in [0.5, 0.6) is 5.75 Å². The van der Waals surface area contributed by atoms with Crippen LogP contribution in [0, 0.1) is 13.8 Å². The molecule has 0 aliphatic heterocycles. The molecule has 0 aliphatic rings. The van der Waals surface area contributed by atoms with Crippen molar-refractivity contribution < 1.29 is 15.0 Å². The van der Waals surface area contributed by atoms with Crippen molar-refractivity contribution >= 4 is 5.97 Å². The van der Waals surface area contributed by atoms with Crippen molar-refractivity contribution in [3.63, 3.8) is 0 Å². The molecule has 1 rings (SSSR count). The van der Waals surface area contributed by atoms with Gasteiger partial charge in [-0.3, -0.25) is 9.69 Å². The Morgan fingerprint density at radius 2 is 2.00 bits per heavy atom. The number of aryl methyl sites for hydroxylation is 2. The van der Waals surface area contributed by atoms with Gasteiger partial charge in [-0.25, -0.2) is 0 Å². The van der Waals surface area contributed by atoms with Crippen molar-refractivity contribution in [3.05, 3.63) is 28.8 Å². The Balaban J connectivity index is 2.84. The molecule has 0 heterocycles. The van der Waals surface area contributed by atoms with Crippen LogP contribution in [0.4, 0.5) is 0 Å². The standard InChI is InChI=1S/C12H17NO3/c1-8-4-9(2)12(16)10(5-8)6-13(3)7-11(14)15/h4-5,16H,6-7H2,1-3H3,(H,14,15). The molecule has 0 bridgehead atoms. The summed E-state index contributed by atoms with van der Waals surface area (Å²) in [4.78, 5) is 12.2. The van der Waals surface area contributed by atoms with Gasteiger partial charge in [-0.15, -0.1) is 0 Å². The number of phenolic OH excluding ortho intramolecular Hbond substituents is 1. The Kier molecular flexibility index (Phi) is 3.90. The van der Waals surface area contributed by atoms with E-state index in [1.807, 2.05) is 26.0 Å². The highest BCUT2D eigenvalue weighted by atomic mass is 16.4. The summed E-state index contributed by atoms with van der Waals surface area (Å²) in [6, 6.07) is 3.77. The molecule has 0 atom stereocenters. The molecule has 0 saturated carbocycles. The van der Waals surface area contributed by atoms with Crippen molar-refractivity contribution in [1.29, 1.82) is 0 Å². The van der Waals surface area contributed by atoms with E-state index in [1.54, 1.807) is 11.9 Å². The monoisotopic (exact) mass is 223 g/mol. The summed E-state index contributed by atoms with van der Waals surface area (Å²) in [7, 11) is 1.71. The number of rotatable bonds is 4. The third-order valence-corrected chi connectivity index (χ3v) is 2.37. The number of carboxylic acid groups (broad SMARTS) is 1. The zero-order valence-electron chi connectivity index (χ0n) is 9.82. The molecule has 2 N–H and O–H groups in total. The summed E-state index contributed by atoms with van der Waals surface area (Å²) in [6.45, 7) is 4.18. The first-order valence-corrected chi connectivity index (χ1v) is 5.09. The minimum Gasteiger partial charge on any atom is -0.507 e. The Bertz CT molecular complexity index is 401. The van der Waals surface area contributed by atoms with Gasteiger partial charge in [-0.2, -0.15) is 0 Å². The Morgan fingerprint density at radius 3 is 2.56 bits per heavy atom. The highest BCUT2D eigenvalue weighted by Crippen LogP contribution is 2.24. The predicted octanol–water partition coefficient (Wildman–Crippen LogP) is 1.53. The van der Waals surface area contributed by atoms with E-state index < -0.39 is 5.97 Å². The molecule has 0 aliphatic carbocycles. The highest BCUT2D eigenvalue weighted by molar-refractivity contribution is 5.69. The van der Waals surface area contributed by atoms with E-state index in [0.717, 1.165) is 16.7 Å². The Hall–Kier alpha value is -1.55. The molecule has 0 unspecified atom stereocenters. The van der Waals surface area contributed by atoms with Crippen molar-refractivity contribution in [1.82, 2.24) is 4.90 Å². The van der Waals surface area contributed by atoms with Gasteiger partial charge in [0.1, 0.15) is 5.75 Å². The van der Waals surface area contributed by atoms with Gasteiger partial charge in [0.25, 0.3) is 0 Å². The van der Waals surface area contributed by atoms with Gasteiger partial charge < -0.3 is 10.2 Å². The molecule has 0 aromatic heterocycles. The van der Waals surface area contributed by atoms with Crippen LogP contribution in [0.25, 0.3) is 0 Å². The number of aliphatic carboxylic acids is 1. The van der Waals surface area contributed by atoms with Gasteiger partial charge in [0.05, 0.1) is 6.54 Å². The van der Waals surface area contributed by atoms with Crippen LogP contribution >= 0.6 is 0 Å². The molecule has 0 spiro atoms. The summed E-state index contributed by atoms with van der Waals surface area (Å²) < 4.78 is 0. The lowest BCUT2D eigenvalue weighted by atomic mass is 10.1. The fourth-order valence-corrected chi connectivity index (χ4v) is 1.75. The lowest BCUT2D eigenvalue weighted by Crippen LogP contribution is -2.25. The minimum absolute atomic E-state index is 0.0353. The van der Waals surface area contributed by atoms with E-state index in [-0.39, 0.29) is 12.3 Å². The van der Waals surface area contributed by atoms with Gasteiger partial charge in [0.2, 0.25) is 0 Å². The number of nitrogens with zero attached hydrogens (tertiary/aromatic N) is 1. The SMILES string of the molecule is Cc1cc(C)c(O)c(CN(C)CC(=O)O)c1. The first-order chi connectivity index (χ1) is 7.40. The second kappa shape index (κ2) is 4.99. The first kappa shape index (κ1) is 12.5. The van der Waals surface area contributed by atoms with Crippen LogP contribution < -0.4 is 0 Å². The van der Waals surface area contributed by atoms with Crippen LogP contribution in [0.1, 0.15) is 16.7 Å². The van der Waals surface area contributed by atoms with Crippen molar-refractivity contribution in [2.45, 2.75) is 20.4 Å². The normalized spacial score (nSPS) is 10.8. The maximum absolute atomic E-state index is 10.5. The van der Waals surface area contributed by atoms with Gasteiger partial charge in [0.15, 0.2) is 0 Å². The van der Waals surface area contributed by atoms with Crippen molar-refractivity contribution in [3.8, 4) is 5.75 Å². The van der Waals surface area contributed by atoms with Crippen LogP contribution in [0.2, 0.25) is 0 Å². The van der Waals surface area contributed by atoms with Gasteiger partial charge in [0, 0.05) is 12.1 Å². The number of carboxylic acids is 1. The Labute approximate surface area is 95.1 Å². The molecule has 0 fully saturated rings. The fourth-order valence-electron chi connectivity index (χ4n) is 1.75. The molecule has 16 heavy (non-hydrogen) atoms. The Morgan fingerprint density at radius 1 is 1.38 bits per heavy atom. The molecule has 0 radical (unpaired) electrons.